The third-order valence-electron chi connectivity index (χ3n) is 2.39. The zero-order chi connectivity index (χ0) is 12.5. The predicted octanol–water partition coefficient (Wildman–Crippen LogP) is 4.68. The lowest BCUT2D eigenvalue weighted by atomic mass is 10.3. The van der Waals surface area contributed by atoms with Gasteiger partial charge >= 0.3 is 0 Å². The number of benzene rings is 2. The summed E-state index contributed by atoms with van der Waals surface area (Å²) in [6.45, 7) is 0. The van der Waals surface area contributed by atoms with E-state index in [0.717, 1.165) is 30.2 Å². The van der Waals surface area contributed by atoms with Crippen molar-refractivity contribution in [3.05, 3.63) is 47.5 Å². The highest BCUT2D eigenvalue weighted by atomic mass is 35.5. The Morgan fingerprint density at radius 2 is 2.06 bits per heavy atom. The first-order chi connectivity index (χ1) is 8.70. The molecule has 5 heteroatoms. The van der Waals surface area contributed by atoms with Crippen LogP contribution in [0.5, 0.6) is 0 Å². The summed E-state index contributed by atoms with van der Waals surface area (Å²) in [4.78, 5) is 5.65. The third kappa shape index (κ3) is 2.46. The summed E-state index contributed by atoms with van der Waals surface area (Å²) in [5.41, 5.74) is 7.51. The number of thiazole rings is 1. The van der Waals surface area contributed by atoms with Gasteiger partial charge in [-0.3, -0.25) is 0 Å². The minimum atomic E-state index is 0.741. The van der Waals surface area contributed by atoms with Crippen molar-refractivity contribution in [3.8, 4) is 0 Å². The van der Waals surface area contributed by atoms with Crippen LogP contribution in [0.2, 0.25) is 5.02 Å². The van der Waals surface area contributed by atoms with E-state index in [-0.39, 0.29) is 0 Å². The molecule has 2 N–H and O–H groups in total. The van der Waals surface area contributed by atoms with Crippen LogP contribution in [-0.2, 0) is 0 Å². The van der Waals surface area contributed by atoms with Gasteiger partial charge in [-0.1, -0.05) is 29.4 Å². The van der Waals surface area contributed by atoms with Crippen molar-refractivity contribution in [2.75, 3.05) is 5.73 Å². The van der Waals surface area contributed by atoms with E-state index >= 15 is 0 Å². The largest absolute Gasteiger partial charge is 0.399 e. The van der Waals surface area contributed by atoms with Crippen LogP contribution < -0.4 is 5.73 Å². The van der Waals surface area contributed by atoms with E-state index in [1.54, 1.807) is 23.1 Å². The highest BCUT2D eigenvalue weighted by molar-refractivity contribution is 8.01. The van der Waals surface area contributed by atoms with Crippen molar-refractivity contribution < 1.29 is 0 Å². The van der Waals surface area contributed by atoms with Crippen molar-refractivity contribution >= 4 is 50.6 Å². The van der Waals surface area contributed by atoms with Crippen LogP contribution in [0.3, 0.4) is 0 Å². The van der Waals surface area contributed by atoms with Gasteiger partial charge in [-0.15, -0.1) is 11.3 Å². The quantitative estimate of drug-likeness (QED) is 0.697. The van der Waals surface area contributed by atoms with E-state index in [1.807, 2.05) is 42.5 Å². The molecule has 0 bridgehead atoms. The smallest absolute Gasteiger partial charge is 0.155 e. The SMILES string of the molecule is Nc1ccc2nc(Sc3cccc(Cl)c3)sc2c1. The van der Waals surface area contributed by atoms with E-state index in [9.17, 15) is 0 Å². The maximum absolute atomic E-state index is 5.96. The molecule has 0 aliphatic rings. The standard InChI is InChI=1S/C13H9ClN2S2/c14-8-2-1-3-10(6-8)17-13-16-11-5-4-9(15)7-12(11)18-13/h1-7H,15H2. The van der Waals surface area contributed by atoms with E-state index in [2.05, 4.69) is 4.98 Å². The Bertz CT molecular complexity index is 709. The maximum atomic E-state index is 5.96. The molecular weight excluding hydrogens is 284 g/mol. The molecular formula is C13H9ClN2S2. The monoisotopic (exact) mass is 292 g/mol. The van der Waals surface area contributed by atoms with Gasteiger partial charge in [0, 0.05) is 15.6 Å². The van der Waals surface area contributed by atoms with Crippen molar-refractivity contribution in [3.63, 3.8) is 0 Å². The molecule has 1 heterocycles. The summed E-state index contributed by atoms with van der Waals surface area (Å²) in [5, 5.41) is 0.741. The van der Waals surface area contributed by atoms with Crippen LogP contribution in [0, 0.1) is 0 Å². The van der Waals surface area contributed by atoms with Crippen LogP contribution in [0.15, 0.2) is 51.7 Å². The van der Waals surface area contributed by atoms with E-state index < -0.39 is 0 Å². The minimum absolute atomic E-state index is 0.741. The van der Waals surface area contributed by atoms with Crippen molar-refractivity contribution in [2.45, 2.75) is 9.24 Å². The van der Waals surface area contributed by atoms with Crippen LogP contribution in [0.25, 0.3) is 10.2 Å². The summed E-state index contributed by atoms with van der Waals surface area (Å²) >= 11 is 9.22. The molecule has 0 saturated carbocycles. The second-order valence-electron chi connectivity index (χ2n) is 3.77. The molecule has 0 unspecified atom stereocenters. The van der Waals surface area contributed by atoms with Crippen LogP contribution in [0.1, 0.15) is 0 Å². The van der Waals surface area contributed by atoms with Crippen LogP contribution in [0.4, 0.5) is 5.69 Å². The fraction of sp³-hybridized carbons (Fsp3) is 0. The second kappa shape index (κ2) is 4.80. The molecule has 0 fully saturated rings. The number of rotatable bonds is 2. The molecule has 1 aromatic heterocycles. The summed E-state index contributed by atoms with van der Waals surface area (Å²) in [6, 6.07) is 13.5. The summed E-state index contributed by atoms with van der Waals surface area (Å²) in [5.74, 6) is 0. The summed E-state index contributed by atoms with van der Waals surface area (Å²) in [7, 11) is 0. The van der Waals surface area contributed by atoms with Gasteiger partial charge in [0.15, 0.2) is 4.34 Å². The molecule has 2 nitrogen and oxygen atoms in total. The first kappa shape index (κ1) is 11.8. The lowest BCUT2D eigenvalue weighted by Crippen LogP contribution is -1.81. The van der Waals surface area contributed by atoms with E-state index in [0.29, 0.717) is 0 Å². The number of hydrogen-bond acceptors (Lipinski definition) is 4. The Labute approximate surface area is 118 Å². The molecule has 0 aliphatic carbocycles. The number of halogens is 1. The number of anilines is 1. The first-order valence-corrected chi connectivity index (χ1v) is 7.31. The van der Waals surface area contributed by atoms with Gasteiger partial charge in [0.2, 0.25) is 0 Å². The third-order valence-corrected chi connectivity index (χ3v) is 4.70. The average Bonchev–Trinajstić information content (AvgIpc) is 2.70. The molecule has 0 radical (unpaired) electrons. The zero-order valence-corrected chi connectivity index (χ0v) is 11.6. The van der Waals surface area contributed by atoms with Crippen molar-refractivity contribution in [2.24, 2.45) is 0 Å². The summed E-state index contributed by atoms with van der Waals surface area (Å²) in [6.07, 6.45) is 0. The van der Waals surface area contributed by atoms with Crippen LogP contribution >= 0.6 is 34.7 Å². The Morgan fingerprint density at radius 1 is 1.17 bits per heavy atom. The molecule has 3 aromatic rings. The Hall–Kier alpha value is -1.23. The van der Waals surface area contributed by atoms with Gasteiger partial charge in [-0.2, -0.15) is 0 Å². The number of aromatic nitrogens is 1. The molecule has 0 spiro atoms. The van der Waals surface area contributed by atoms with Gasteiger partial charge in [0.05, 0.1) is 10.2 Å². The van der Waals surface area contributed by atoms with E-state index in [4.69, 9.17) is 17.3 Å². The molecule has 90 valence electrons. The number of nitrogen functional groups attached to an aromatic ring is 1. The molecule has 18 heavy (non-hydrogen) atoms. The van der Waals surface area contributed by atoms with Gasteiger partial charge in [0.25, 0.3) is 0 Å². The molecule has 0 saturated heterocycles. The van der Waals surface area contributed by atoms with Gasteiger partial charge in [0.1, 0.15) is 0 Å². The Morgan fingerprint density at radius 3 is 2.89 bits per heavy atom. The number of nitrogens with zero attached hydrogens (tertiary/aromatic N) is 1. The van der Waals surface area contributed by atoms with Crippen molar-refractivity contribution in [1.29, 1.82) is 0 Å². The second-order valence-corrected chi connectivity index (χ2v) is 6.55. The predicted molar refractivity (Wildman–Crippen MR) is 79.6 cm³/mol. The molecule has 0 amide bonds. The number of hydrogen-bond donors (Lipinski definition) is 1. The first-order valence-electron chi connectivity index (χ1n) is 5.30. The topological polar surface area (TPSA) is 38.9 Å². The highest BCUT2D eigenvalue weighted by Gasteiger charge is 2.06. The number of nitrogens with two attached hydrogens (primary N) is 1. The molecule has 0 aliphatic heterocycles. The lowest BCUT2D eigenvalue weighted by molar-refractivity contribution is 1.29. The summed E-state index contributed by atoms with van der Waals surface area (Å²) < 4.78 is 2.11. The average molecular weight is 293 g/mol. The van der Waals surface area contributed by atoms with Gasteiger partial charge in [-0.05, 0) is 36.4 Å². The lowest BCUT2D eigenvalue weighted by Gasteiger charge is -1.97. The normalized spacial score (nSPS) is 10.9. The zero-order valence-electron chi connectivity index (χ0n) is 9.26. The Kier molecular flexibility index (Phi) is 3.16. The minimum Gasteiger partial charge on any atom is -0.399 e. The van der Waals surface area contributed by atoms with Crippen LogP contribution in [-0.4, -0.2) is 4.98 Å². The molecule has 0 atom stereocenters. The highest BCUT2D eigenvalue weighted by Crippen LogP contribution is 2.35. The number of fused-ring (bicyclic) bond motifs is 1. The van der Waals surface area contributed by atoms with Crippen molar-refractivity contribution in [1.82, 2.24) is 4.98 Å². The molecule has 2 aromatic carbocycles. The van der Waals surface area contributed by atoms with E-state index in [1.165, 1.54) is 0 Å². The maximum Gasteiger partial charge on any atom is 0.155 e. The fourth-order valence-electron chi connectivity index (χ4n) is 1.60. The van der Waals surface area contributed by atoms with Gasteiger partial charge in [-0.25, -0.2) is 4.98 Å². The molecule has 3 rings (SSSR count). The Balaban J connectivity index is 1.95. The fourth-order valence-corrected chi connectivity index (χ4v) is 4.00. The van der Waals surface area contributed by atoms with Gasteiger partial charge < -0.3 is 5.73 Å².